The monoisotopic (exact) mass is 420 g/mol. The SMILES string of the molecule is Cc1cc([C@@H](C)N(C)c2ccccc2C(=O)O)c2oc(N3CCCCC3)cc(=O)c2c1. The van der Waals surface area contributed by atoms with E-state index in [0.717, 1.165) is 37.1 Å². The highest BCUT2D eigenvalue weighted by Crippen LogP contribution is 2.34. The summed E-state index contributed by atoms with van der Waals surface area (Å²) in [6, 6.07) is 12.2. The Morgan fingerprint density at radius 3 is 2.55 bits per heavy atom. The summed E-state index contributed by atoms with van der Waals surface area (Å²) in [4.78, 5) is 28.8. The van der Waals surface area contributed by atoms with Gasteiger partial charge in [0.05, 0.1) is 22.7 Å². The fourth-order valence-corrected chi connectivity index (χ4v) is 4.38. The summed E-state index contributed by atoms with van der Waals surface area (Å²) in [6.07, 6.45) is 3.38. The number of rotatable bonds is 5. The van der Waals surface area contributed by atoms with Crippen LogP contribution in [0.1, 0.15) is 53.7 Å². The van der Waals surface area contributed by atoms with Crippen LogP contribution in [0.5, 0.6) is 0 Å². The molecule has 0 bridgehead atoms. The maximum atomic E-state index is 13.0. The van der Waals surface area contributed by atoms with E-state index in [1.54, 1.807) is 24.3 Å². The van der Waals surface area contributed by atoms with Crippen LogP contribution in [-0.4, -0.2) is 31.2 Å². The van der Waals surface area contributed by atoms with E-state index in [1.807, 2.05) is 44.0 Å². The molecule has 3 aromatic rings. The van der Waals surface area contributed by atoms with Crippen molar-refractivity contribution < 1.29 is 14.3 Å². The van der Waals surface area contributed by atoms with E-state index in [9.17, 15) is 14.7 Å². The summed E-state index contributed by atoms with van der Waals surface area (Å²) < 4.78 is 6.34. The number of aryl methyl sites for hydroxylation is 1. The third kappa shape index (κ3) is 4.02. The average molecular weight is 421 g/mol. The molecule has 1 atom stereocenters. The Morgan fingerprint density at radius 2 is 1.84 bits per heavy atom. The van der Waals surface area contributed by atoms with Gasteiger partial charge >= 0.3 is 5.97 Å². The van der Waals surface area contributed by atoms with Crippen molar-refractivity contribution in [1.82, 2.24) is 0 Å². The Kier molecular flexibility index (Phi) is 5.72. The van der Waals surface area contributed by atoms with Crippen LogP contribution in [0.2, 0.25) is 0 Å². The molecule has 0 unspecified atom stereocenters. The summed E-state index contributed by atoms with van der Waals surface area (Å²) in [6.45, 7) is 5.73. The minimum atomic E-state index is -0.970. The molecule has 2 aromatic carbocycles. The highest BCUT2D eigenvalue weighted by atomic mass is 16.4. The second kappa shape index (κ2) is 8.46. The van der Waals surface area contributed by atoms with Gasteiger partial charge < -0.3 is 19.3 Å². The van der Waals surface area contributed by atoms with Crippen molar-refractivity contribution in [3.05, 3.63) is 69.4 Å². The standard InChI is InChI=1S/C25H28N2O4/c1-16-13-19(17(2)26(3)21-10-6-5-9-18(21)25(29)30)24-20(14-16)22(28)15-23(31-24)27-11-7-4-8-12-27/h5-6,9-10,13-15,17H,4,7-8,11-12H2,1-3H3,(H,29,30)/t17-/m1/s1. The lowest BCUT2D eigenvalue weighted by Crippen LogP contribution is -2.30. The van der Waals surface area contributed by atoms with E-state index in [1.165, 1.54) is 6.42 Å². The molecule has 1 N–H and O–H groups in total. The number of aromatic carboxylic acids is 1. The molecule has 4 rings (SSSR count). The number of carbonyl (C=O) groups is 1. The molecule has 1 aliphatic heterocycles. The van der Waals surface area contributed by atoms with Crippen molar-refractivity contribution in [3.8, 4) is 0 Å². The van der Waals surface area contributed by atoms with Crippen molar-refractivity contribution in [2.24, 2.45) is 0 Å². The summed E-state index contributed by atoms with van der Waals surface area (Å²) in [5.41, 5.74) is 3.22. The molecule has 1 saturated heterocycles. The number of nitrogens with zero attached hydrogens (tertiary/aromatic N) is 2. The molecular weight excluding hydrogens is 392 g/mol. The topological polar surface area (TPSA) is 74.0 Å². The van der Waals surface area contributed by atoms with Gasteiger partial charge in [-0.1, -0.05) is 18.2 Å². The zero-order valence-corrected chi connectivity index (χ0v) is 18.2. The van der Waals surface area contributed by atoms with E-state index in [-0.39, 0.29) is 17.0 Å². The van der Waals surface area contributed by atoms with Gasteiger partial charge in [0.2, 0.25) is 0 Å². The van der Waals surface area contributed by atoms with Crippen molar-refractivity contribution >= 4 is 28.5 Å². The molecule has 0 amide bonds. The fraction of sp³-hybridized carbons (Fsp3) is 0.360. The summed E-state index contributed by atoms with van der Waals surface area (Å²) in [5, 5.41) is 10.2. The Labute approximate surface area is 181 Å². The van der Waals surface area contributed by atoms with Crippen LogP contribution in [0.4, 0.5) is 11.6 Å². The molecule has 1 aromatic heterocycles. The van der Waals surface area contributed by atoms with Crippen LogP contribution in [0.3, 0.4) is 0 Å². The van der Waals surface area contributed by atoms with Crippen molar-refractivity contribution in [2.45, 2.75) is 39.2 Å². The Bertz CT molecular complexity index is 1180. The van der Waals surface area contributed by atoms with Crippen LogP contribution in [0, 0.1) is 6.92 Å². The lowest BCUT2D eigenvalue weighted by molar-refractivity contribution is 0.0697. The third-order valence-corrected chi connectivity index (χ3v) is 6.20. The number of hydrogen-bond donors (Lipinski definition) is 1. The first-order chi connectivity index (χ1) is 14.9. The second-order valence-corrected chi connectivity index (χ2v) is 8.34. The zero-order valence-electron chi connectivity index (χ0n) is 18.2. The van der Waals surface area contributed by atoms with Gasteiger partial charge in [0.15, 0.2) is 11.3 Å². The first-order valence-corrected chi connectivity index (χ1v) is 10.8. The maximum absolute atomic E-state index is 13.0. The van der Waals surface area contributed by atoms with Crippen LogP contribution in [-0.2, 0) is 0 Å². The number of carboxylic acid groups (broad SMARTS) is 1. The molecule has 1 fully saturated rings. The number of para-hydroxylation sites is 1. The van der Waals surface area contributed by atoms with Gasteiger partial charge in [-0.05, 0) is 56.9 Å². The second-order valence-electron chi connectivity index (χ2n) is 8.34. The molecule has 1 aliphatic rings. The predicted octanol–water partition coefficient (Wildman–Crippen LogP) is 4.99. The Hall–Kier alpha value is -3.28. The average Bonchev–Trinajstić information content (AvgIpc) is 2.78. The van der Waals surface area contributed by atoms with E-state index in [4.69, 9.17) is 4.42 Å². The summed E-state index contributed by atoms with van der Waals surface area (Å²) >= 11 is 0. The van der Waals surface area contributed by atoms with Gasteiger partial charge in [0.1, 0.15) is 5.58 Å². The maximum Gasteiger partial charge on any atom is 0.337 e. The molecule has 6 nitrogen and oxygen atoms in total. The molecule has 0 aliphatic carbocycles. The molecule has 0 saturated carbocycles. The van der Waals surface area contributed by atoms with Crippen molar-refractivity contribution in [1.29, 1.82) is 0 Å². The number of fused-ring (bicyclic) bond motifs is 1. The molecule has 31 heavy (non-hydrogen) atoms. The van der Waals surface area contributed by atoms with Crippen molar-refractivity contribution in [2.75, 3.05) is 29.9 Å². The number of anilines is 2. The predicted molar refractivity (Wildman–Crippen MR) is 124 cm³/mol. The van der Waals surface area contributed by atoms with Gasteiger partial charge in [-0.25, -0.2) is 4.79 Å². The van der Waals surface area contributed by atoms with Gasteiger partial charge in [-0.2, -0.15) is 0 Å². The lowest BCUT2D eigenvalue weighted by Gasteiger charge is -2.30. The van der Waals surface area contributed by atoms with E-state index < -0.39 is 5.97 Å². The van der Waals surface area contributed by atoms with Gasteiger partial charge in [-0.3, -0.25) is 4.79 Å². The van der Waals surface area contributed by atoms with E-state index in [0.29, 0.717) is 22.5 Å². The highest BCUT2D eigenvalue weighted by Gasteiger charge is 2.23. The van der Waals surface area contributed by atoms with E-state index >= 15 is 0 Å². The molecule has 2 heterocycles. The summed E-state index contributed by atoms with van der Waals surface area (Å²) in [5.74, 6) is -0.356. The molecule has 6 heteroatoms. The highest BCUT2D eigenvalue weighted by molar-refractivity contribution is 5.94. The smallest absolute Gasteiger partial charge is 0.337 e. The van der Waals surface area contributed by atoms with Crippen LogP contribution in [0.15, 0.2) is 51.7 Å². The molecule has 162 valence electrons. The van der Waals surface area contributed by atoms with Gasteiger partial charge in [0, 0.05) is 31.8 Å². The van der Waals surface area contributed by atoms with Crippen molar-refractivity contribution in [3.63, 3.8) is 0 Å². The number of hydrogen-bond acceptors (Lipinski definition) is 5. The third-order valence-electron chi connectivity index (χ3n) is 6.20. The number of carboxylic acids is 1. The number of benzene rings is 2. The fourth-order valence-electron chi connectivity index (χ4n) is 4.38. The van der Waals surface area contributed by atoms with Gasteiger partial charge in [0.25, 0.3) is 0 Å². The van der Waals surface area contributed by atoms with Crippen LogP contribution >= 0.6 is 0 Å². The first kappa shape index (κ1) is 21.0. The minimum absolute atomic E-state index is 0.0486. The van der Waals surface area contributed by atoms with Crippen LogP contribution < -0.4 is 15.2 Å². The molecule has 0 spiro atoms. The Morgan fingerprint density at radius 1 is 1.13 bits per heavy atom. The summed E-state index contributed by atoms with van der Waals surface area (Å²) in [7, 11) is 1.87. The van der Waals surface area contributed by atoms with Gasteiger partial charge in [-0.15, -0.1) is 0 Å². The Balaban J connectivity index is 1.83. The molecular formula is C25H28N2O4. The van der Waals surface area contributed by atoms with E-state index in [2.05, 4.69) is 4.90 Å². The molecule has 0 radical (unpaired) electrons. The lowest BCUT2D eigenvalue weighted by atomic mass is 9.99. The minimum Gasteiger partial charge on any atom is -0.478 e. The zero-order chi connectivity index (χ0) is 22.1. The number of piperidine rings is 1. The largest absolute Gasteiger partial charge is 0.478 e. The first-order valence-electron chi connectivity index (χ1n) is 10.8. The quantitative estimate of drug-likeness (QED) is 0.627. The normalized spacial score (nSPS) is 15.1. The van der Waals surface area contributed by atoms with Crippen LogP contribution in [0.25, 0.3) is 11.0 Å².